The van der Waals surface area contributed by atoms with Gasteiger partial charge in [-0.2, -0.15) is 10.2 Å². The number of aromatic nitrogens is 5. The maximum Gasteiger partial charge on any atom is 0.262 e. The van der Waals surface area contributed by atoms with E-state index in [1.165, 1.54) is 6.20 Å². The van der Waals surface area contributed by atoms with Crippen molar-refractivity contribution in [3.63, 3.8) is 0 Å². The molecule has 1 amide bonds. The number of fused-ring (bicyclic) bond motifs is 2. The number of rotatable bonds is 6. The second-order valence-electron chi connectivity index (χ2n) is 10.5. The molecule has 0 aliphatic carbocycles. The Balaban J connectivity index is 1.14. The maximum atomic E-state index is 13.6. The van der Waals surface area contributed by atoms with Gasteiger partial charge in [-0.3, -0.25) is 4.79 Å². The van der Waals surface area contributed by atoms with E-state index < -0.39 is 11.0 Å². The molecular formula is C32H29N7O2S. The highest BCUT2D eigenvalue weighted by atomic mass is 32.2. The molecule has 42 heavy (non-hydrogen) atoms. The summed E-state index contributed by atoms with van der Waals surface area (Å²) >= 11 is 0. The van der Waals surface area contributed by atoms with Crippen LogP contribution in [0.25, 0.3) is 22.1 Å². The van der Waals surface area contributed by atoms with E-state index in [1.807, 2.05) is 67.6 Å². The summed E-state index contributed by atoms with van der Waals surface area (Å²) in [5.74, 6) is 0.450. The lowest BCUT2D eigenvalue weighted by atomic mass is 9.95. The topological polar surface area (TPSA) is 97.4 Å². The molecule has 4 heterocycles. The highest BCUT2D eigenvalue weighted by molar-refractivity contribution is 7.83. The van der Waals surface area contributed by atoms with Crippen LogP contribution < -0.4 is 5.32 Å². The van der Waals surface area contributed by atoms with Crippen LogP contribution in [-0.2, 0) is 11.0 Å². The van der Waals surface area contributed by atoms with Gasteiger partial charge in [0.2, 0.25) is 0 Å². The lowest BCUT2D eigenvalue weighted by Gasteiger charge is -2.30. The summed E-state index contributed by atoms with van der Waals surface area (Å²) in [5.41, 5.74) is 3.77. The summed E-state index contributed by atoms with van der Waals surface area (Å²) in [4.78, 5) is 18.5. The summed E-state index contributed by atoms with van der Waals surface area (Å²) in [6.07, 6.45) is 6.55. The number of benzene rings is 3. The van der Waals surface area contributed by atoms with Gasteiger partial charge in [0.15, 0.2) is 5.65 Å². The highest BCUT2D eigenvalue weighted by Gasteiger charge is 2.28. The van der Waals surface area contributed by atoms with Crippen LogP contribution in [0.4, 0.5) is 5.82 Å². The van der Waals surface area contributed by atoms with E-state index >= 15 is 0 Å². The van der Waals surface area contributed by atoms with Crippen LogP contribution in [0.2, 0.25) is 0 Å². The van der Waals surface area contributed by atoms with Crippen LogP contribution >= 0.6 is 0 Å². The summed E-state index contributed by atoms with van der Waals surface area (Å²) in [6.45, 7) is 3.41. The van der Waals surface area contributed by atoms with Gasteiger partial charge in [0, 0.05) is 37.5 Å². The number of carbonyl (C=O) groups is 1. The Bertz CT molecular complexity index is 1930. The van der Waals surface area contributed by atoms with Crippen molar-refractivity contribution >= 4 is 39.1 Å². The van der Waals surface area contributed by atoms with E-state index in [4.69, 9.17) is 5.10 Å². The standard InChI is InChI=1S/C32H29N7O2S/c1-22-10-12-25(13-11-22)39-30(35-32(40)27-21-34-38-17-5-16-33-31(27)38)20-28(36-39)24-14-18-37(19-15-24)42(41)29-9-4-7-23-6-2-3-8-26(23)29/h2-13,16-17,20-21,24H,14-15,18-19H2,1H3,(H,35,40). The minimum Gasteiger partial charge on any atom is -0.306 e. The molecule has 3 aromatic heterocycles. The van der Waals surface area contributed by atoms with Gasteiger partial charge in [-0.15, -0.1) is 0 Å². The summed E-state index contributed by atoms with van der Waals surface area (Å²) in [6, 6.07) is 25.8. The van der Waals surface area contributed by atoms with Gasteiger partial charge in [0.05, 0.1) is 22.5 Å². The molecule has 1 atom stereocenters. The van der Waals surface area contributed by atoms with Gasteiger partial charge >= 0.3 is 0 Å². The maximum absolute atomic E-state index is 13.6. The number of nitrogens with zero attached hydrogens (tertiary/aromatic N) is 6. The average molecular weight is 576 g/mol. The van der Waals surface area contributed by atoms with Gasteiger partial charge in [0.1, 0.15) is 22.4 Å². The van der Waals surface area contributed by atoms with Crippen molar-refractivity contribution in [3.8, 4) is 5.69 Å². The Morgan fingerprint density at radius 1 is 0.976 bits per heavy atom. The normalized spacial score (nSPS) is 15.3. The van der Waals surface area contributed by atoms with E-state index in [2.05, 4.69) is 31.8 Å². The number of hydrogen-bond acceptors (Lipinski definition) is 5. The molecule has 1 saturated heterocycles. The molecule has 0 bridgehead atoms. The zero-order chi connectivity index (χ0) is 28.6. The summed E-state index contributed by atoms with van der Waals surface area (Å²) in [7, 11) is -1.25. The number of hydrogen-bond donors (Lipinski definition) is 1. The fraction of sp³-hybridized carbons (Fsp3) is 0.188. The number of piperidine rings is 1. The minimum absolute atomic E-state index is 0.173. The first kappa shape index (κ1) is 26.2. The fourth-order valence-corrected chi connectivity index (χ4v) is 6.94. The van der Waals surface area contributed by atoms with Crippen molar-refractivity contribution in [2.24, 2.45) is 0 Å². The molecule has 1 fully saturated rings. The van der Waals surface area contributed by atoms with Gasteiger partial charge in [0.25, 0.3) is 5.91 Å². The quantitative estimate of drug-likeness (QED) is 0.282. The molecule has 0 radical (unpaired) electrons. The third-order valence-electron chi connectivity index (χ3n) is 7.82. The van der Waals surface area contributed by atoms with Gasteiger partial charge in [-0.25, -0.2) is 22.7 Å². The van der Waals surface area contributed by atoms with Crippen LogP contribution in [0.3, 0.4) is 0 Å². The Morgan fingerprint density at radius 2 is 1.76 bits per heavy atom. The zero-order valence-electron chi connectivity index (χ0n) is 23.1. The molecule has 1 aliphatic rings. The second kappa shape index (κ2) is 11.0. The first-order valence-electron chi connectivity index (χ1n) is 14.0. The molecular weight excluding hydrogens is 546 g/mol. The van der Waals surface area contributed by atoms with Crippen molar-refractivity contribution in [2.45, 2.75) is 30.6 Å². The van der Waals surface area contributed by atoms with E-state index in [0.29, 0.717) is 30.1 Å². The number of anilines is 1. The number of amides is 1. The molecule has 0 saturated carbocycles. The van der Waals surface area contributed by atoms with Crippen LogP contribution in [0.15, 0.2) is 102 Å². The molecule has 7 rings (SSSR count). The monoisotopic (exact) mass is 575 g/mol. The molecule has 1 aliphatic heterocycles. The second-order valence-corrected chi connectivity index (χ2v) is 12.0. The molecule has 1 N–H and O–H groups in total. The predicted molar refractivity (Wildman–Crippen MR) is 163 cm³/mol. The van der Waals surface area contributed by atoms with Crippen LogP contribution in [-0.4, -0.2) is 51.9 Å². The Kier molecular flexibility index (Phi) is 6.85. The van der Waals surface area contributed by atoms with Crippen molar-refractivity contribution in [1.82, 2.24) is 28.7 Å². The van der Waals surface area contributed by atoms with Crippen molar-refractivity contribution in [2.75, 3.05) is 18.4 Å². The first-order valence-corrected chi connectivity index (χ1v) is 15.1. The van der Waals surface area contributed by atoms with Crippen LogP contribution in [0.5, 0.6) is 0 Å². The number of carbonyl (C=O) groups excluding carboxylic acids is 1. The van der Waals surface area contributed by atoms with E-state index in [0.717, 1.165) is 45.5 Å². The van der Waals surface area contributed by atoms with Gasteiger partial charge in [-0.1, -0.05) is 54.1 Å². The van der Waals surface area contributed by atoms with E-state index in [9.17, 15) is 9.00 Å². The van der Waals surface area contributed by atoms with Crippen molar-refractivity contribution in [1.29, 1.82) is 0 Å². The summed E-state index contributed by atoms with van der Waals surface area (Å²) < 4.78 is 19.0. The third kappa shape index (κ3) is 4.88. The molecule has 0 spiro atoms. The zero-order valence-corrected chi connectivity index (χ0v) is 23.9. The molecule has 6 aromatic rings. The van der Waals surface area contributed by atoms with Crippen LogP contribution in [0, 0.1) is 6.92 Å². The molecule has 3 aromatic carbocycles. The van der Waals surface area contributed by atoms with Crippen molar-refractivity contribution < 1.29 is 9.00 Å². The van der Waals surface area contributed by atoms with E-state index in [1.54, 1.807) is 27.7 Å². The van der Waals surface area contributed by atoms with E-state index in [-0.39, 0.29) is 11.8 Å². The Morgan fingerprint density at radius 3 is 2.60 bits per heavy atom. The molecule has 10 heteroatoms. The SMILES string of the molecule is Cc1ccc(-n2nc(C3CCN(S(=O)c4cccc5ccccc45)CC3)cc2NC(=O)c2cnn3cccnc23)cc1. The number of nitrogens with one attached hydrogen (secondary N) is 1. The van der Waals surface area contributed by atoms with Crippen molar-refractivity contribution in [3.05, 3.63) is 114 Å². The fourth-order valence-electron chi connectivity index (χ4n) is 5.55. The van der Waals surface area contributed by atoms with Gasteiger partial charge in [-0.05, 0) is 54.8 Å². The van der Waals surface area contributed by atoms with Gasteiger partial charge < -0.3 is 5.32 Å². The summed E-state index contributed by atoms with van der Waals surface area (Å²) in [5, 5.41) is 14.4. The molecule has 210 valence electrons. The third-order valence-corrected chi connectivity index (χ3v) is 9.38. The first-order chi connectivity index (χ1) is 20.5. The Labute approximate surface area is 245 Å². The Hall–Kier alpha value is -4.67. The minimum atomic E-state index is -1.25. The lowest BCUT2D eigenvalue weighted by Crippen LogP contribution is -2.34. The predicted octanol–water partition coefficient (Wildman–Crippen LogP) is 5.53. The largest absolute Gasteiger partial charge is 0.306 e. The molecule has 9 nitrogen and oxygen atoms in total. The smallest absolute Gasteiger partial charge is 0.262 e. The molecule has 1 unspecified atom stereocenters. The number of aryl methyl sites for hydroxylation is 1. The highest BCUT2D eigenvalue weighted by Crippen LogP contribution is 2.33. The van der Waals surface area contributed by atoms with Crippen LogP contribution in [0.1, 0.15) is 40.4 Å². The lowest BCUT2D eigenvalue weighted by molar-refractivity contribution is 0.102. The average Bonchev–Trinajstić information content (AvgIpc) is 3.66.